The third-order valence-corrected chi connectivity index (χ3v) is 5.87. The Morgan fingerprint density at radius 2 is 1.58 bits per heavy atom. The van der Waals surface area contributed by atoms with Crippen LogP contribution in [0.25, 0.3) is 0 Å². The molecule has 0 N–H and O–H groups in total. The van der Waals surface area contributed by atoms with Crippen molar-refractivity contribution in [2.75, 3.05) is 19.8 Å². The lowest BCUT2D eigenvalue weighted by molar-refractivity contribution is 0.0701. The lowest BCUT2D eigenvalue weighted by Crippen LogP contribution is -2.49. The van der Waals surface area contributed by atoms with Crippen LogP contribution in [-0.4, -0.2) is 28.6 Å². The van der Waals surface area contributed by atoms with Crippen molar-refractivity contribution in [2.24, 2.45) is 0 Å². The Kier molecular flexibility index (Phi) is 6.96. The molecule has 0 aliphatic heterocycles. The van der Waals surface area contributed by atoms with Gasteiger partial charge in [0.25, 0.3) is 0 Å². The highest BCUT2D eigenvalue weighted by atomic mass is 35.5. The van der Waals surface area contributed by atoms with E-state index in [1.54, 1.807) is 12.1 Å². The summed E-state index contributed by atoms with van der Waals surface area (Å²) in [6, 6.07) is 4.85. The molecule has 0 unspecified atom stereocenters. The topological polar surface area (TPSA) is 27.7 Å². The Labute approximate surface area is 120 Å². The fourth-order valence-corrected chi connectivity index (χ4v) is 4.87. The van der Waals surface area contributed by atoms with Crippen molar-refractivity contribution in [3.05, 3.63) is 34.6 Å². The Morgan fingerprint density at radius 1 is 1.05 bits per heavy atom. The maximum absolute atomic E-state index is 13.9. The molecule has 0 bridgehead atoms. The monoisotopic (exact) mass is 306 g/mol. The predicted octanol–water partition coefficient (Wildman–Crippen LogP) is 3.61. The lowest BCUT2D eigenvalue weighted by atomic mass is 10.2. The molecule has 19 heavy (non-hydrogen) atoms. The van der Waals surface area contributed by atoms with Crippen LogP contribution in [0.15, 0.2) is 18.2 Å². The molecule has 1 aromatic rings. The summed E-state index contributed by atoms with van der Waals surface area (Å²) in [6.07, 6.45) is 0. The molecule has 1 aromatic carbocycles. The van der Waals surface area contributed by atoms with Gasteiger partial charge in [-0.3, -0.25) is 0 Å². The molecule has 0 spiro atoms. The van der Waals surface area contributed by atoms with Crippen molar-refractivity contribution in [3.8, 4) is 0 Å². The molecule has 3 nitrogen and oxygen atoms in total. The average molecular weight is 307 g/mol. The highest BCUT2D eigenvalue weighted by Crippen LogP contribution is 2.25. The zero-order chi connectivity index (χ0) is 14.3. The number of rotatable bonds is 8. The van der Waals surface area contributed by atoms with Crippen LogP contribution in [0.2, 0.25) is 5.02 Å². The summed E-state index contributed by atoms with van der Waals surface area (Å²) < 4.78 is 31.0. The number of hydrogen-bond donors (Lipinski definition) is 0. The van der Waals surface area contributed by atoms with Crippen LogP contribution in [0.1, 0.15) is 26.3 Å². The van der Waals surface area contributed by atoms with E-state index in [2.05, 4.69) is 0 Å². The van der Waals surface area contributed by atoms with Gasteiger partial charge in [0.1, 0.15) is 5.82 Å². The summed E-state index contributed by atoms with van der Waals surface area (Å²) in [5, 5.41) is 0.371. The van der Waals surface area contributed by atoms with Crippen molar-refractivity contribution in [1.82, 2.24) is 0 Å². The zero-order valence-corrected chi connectivity index (χ0v) is 13.3. The summed E-state index contributed by atoms with van der Waals surface area (Å²) in [4.78, 5) is 0. The summed E-state index contributed by atoms with van der Waals surface area (Å²) in [5.41, 5.74) is 0.395. The quantitative estimate of drug-likeness (QED) is 0.687. The molecule has 0 saturated heterocycles. The van der Waals surface area contributed by atoms with Crippen LogP contribution in [0.5, 0.6) is 0 Å². The van der Waals surface area contributed by atoms with Crippen molar-refractivity contribution >= 4 is 20.4 Å². The van der Waals surface area contributed by atoms with Crippen LogP contribution < -0.4 is 0 Å². The first kappa shape index (κ1) is 16.6. The van der Waals surface area contributed by atoms with Crippen molar-refractivity contribution in [3.63, 3.8) is 0 Å². The predicted molar refractivity (Wildman–Crippen MR) is 75.7 cm³/mol. The molecule has 0 heterocycles. The minimum absolute atomic E-state index is 0.244. The van der Waals surface area contributed by atoms with Gasteiger partial charge in [-0.2, -0.15) is 0 Å². The van der Waals surface area contributed by atoms with Crippen LogP contribution in [0.3, 0.4) is 0 Å². The fraction of sp³-hybridized carbons (Fsp3) is 0.538. The molecule has 0 fully saturated rings. The van der Waals surface area contributed by atoms with E-state index in [0.717, 1.165) is 0 Å². The van der Waals surface area contributed by atoms with Gasteiger partial charge in [0.2, 0.25) is 0 Å². The Hall–Kier alpha value is -0.463. The zero-order valence-electron chi connectivity index (χ0n) is 11.5. The molecular weight excluding hydrogens is 287 g/mol. The molecule has 0 aliphatic carbocycles. The molecule has 0 amide bonds. The van der Waals surface area contributed by atoms with Crippen molar-refractivity contribution in [1.29, 1.82) is 0 Å². The van der Waals surface area contributed by atoms with Gasteiger partial charge in [-0.05, 0) is 32.9 Å². The Balaban J connectivity index is 3.04. The second-order valence-electron chi connectivity index (χ2n) is 3.86. The second kappa shape index (κ2) is 7.97. The molecule has 0 radical (unpaired) electrons. The highest BCUT2D eigenvalue weighted by molar-refractivity contribution is 6.60. The number of halogens is 2. The maximum atomic E-state index is 13.9. The lowest BCUT2D eigenvalue weighted by Gasteiger charge is -2.28. The van der Waals surface area contributed by atoms with E-state index >= 15 is 0 Å². The van der Waals surface area contributed by atoms with Gasteiger partial charge < -0.3 is 13.3 Å². The minimum atomic E-state index is -2.92. The van der Waals surface area contributed by atoms with Crippen LogP contribution in [0, 0.1) is 5.82 Å². The molecule has 0 atom stereocenters. The van der Waals surface area contributed by atoms with Gasteiger partial charge in [0.05, 0.1) is 0 Å². The third kappa shape index (κ3) is 4.54. The number of hydrogen-bond acceptors (Lipinski definition) is 3. The van der Waals surface area contributed by atoms with E-state index in [1.165, 1.54) is 6.07 Å². The molecule has 0 saturated carbocycles. The number of benzene rings is 1. The van der Waals surface area contributed by atoms with E-state index in [-0.39, 0.29) is 11.9 Å². The summed E-state index contributed by atoms with van der Waals surface area (Å²) in [5.74, 6) is -0.358. The SMILES string of the molecule is CCO[Si](Cc1c(F)cccc1Cl)(OCC)OCC. The van der Waals surface area contributed by atoms with Gasteiger partial charge in [-0.25, -0.2) is 4.39 Å². The van der Waals surface area contributed by atoms with E-state index in [9.17, 15) is 4.39 Å². The first-order valence-electron chi connectivity index (χ1n) is 6.43. The maximum Gasteiger partial charge on any atom is 0.505 e. The molecular formula is C13H20ClFO3Si. The summed E-state index contributed by atoms with van der Waals surface area (Å²) >= 11 is 6.05. The molecule has 0 aliphatic rings. The van der Waals surface area contributed by atoms with Crippen LogP contribution in [-0.2, 0) is 19.3 Å². The highest BCUT2D eigenvalue weighted by Gasteiger charge is 2.42. The van der Waals surface area contributed by atoms with Gasteiger partial charge in [-0.1, -0.05) is 17.7 Å². The third-order valence-electron chi connectivity index (χ3n) is 2.55. The van der Waals surface area contributed by atoms with Crippen LogP contribution in [0.4, 0.5) is 4.39 Å². The average Bonchev–Trinajstić information content (AvgIpc) is 2.35. The van der Waals surface area contributed by atoms with Crippen molar-refractivity contribution in [2.45, 2.75) is 26.8 Å². The first-order chi connectivity index (χ1) is 9.08. The second-order valence-corrected chi connectivity index (χ2v) is 6.85. The van der Waals surface area contributed by atoms with Crippen LogP contribution >= 0.6 is 11.6 Å². The van der Waals surface area contributed by atoms with E-state index in [0.29, 0.717) is 30.4 Å². The van der Waals surface area contributed by atoms with Gasteiger partial charge in [-0.15, -0.1) is 0 Å². The van der Waals surface area contributed by atoms with Gasteiger partial charge >= 0.3 is 8.80 Å². The minimum Gasteiger partial charge on any atom is -0.374 e. The Bertz CT molecular complexity index is 366. The van der Waals surface area contributed by atoms with E-state index < -0.39 is 8.80 Å². The summed E-state index contributed by atoms with van der Waals surface area (Å²) in [7, 11) is -2.92. The van der Waals surface area contributed by atoms with Crippen molar-refractivity contribution < 1.29 is 17.7 Å². The summed E-state index contributed by atoms with van der Waals surface area (Å²) in [6.45, 7) is 6.96. The van der Waals surface area contributed by atoms with E-state index in [4.69, 9.17) is 24.9 Å². The standard InChI is InChI=1S/C13H20ClFO3Si/c1-4-16-19(17-5-2,18-6-3)10-11-12(14)8-7-9-13(11)15/h7-9H,4-6,10H2,1-3H3. The molecule has 108 valence electrons. The largest absolute Gasteiger partial charge is 0.505 e. The molecule has 1 rings (SSSR count). The normalized spacial score (nSPS) is 11.8. The first-order valence-corrected chi connectivity index (χ1v) is 8.74. The van der Waals surface area contributed by atoms with Gasteiger partial charge in [0, 0.05) is 36.5 Å². The molecule has 0 aromatic heterocycles. The fourth-order valence-electron chi connectivity index (χ4n) is 1.86. The molecule has 6 heteroatoms. The Morgan fingerprint density at radius 3 is 2.00 bits per heavy atom. The van der Waals surface area contributed by atoms with Gasteiger partial charge in [0.15, 0.2) is 0 Å². The van der Waals surface area contributed by atoms with E-state index in [1.807, 2.05) is 20.8 Å². The smallest absolute Gasteiger partial charge is 0.374 e.